The molecule has 1 aliphatic rings. The molecule has 1 aliphatic heterocycles. The standard InChI is InChI=1S/C16H19NO2S2/c18-16(13-5-7-19-8-6-13)17(11-14-3-1-9-20-14)12-15-4-2-10-21-15/h1-4,9-10,13H,5-8,11-12H2. The molecule has 0 unspecified atom stereocenters. The van der Waals surface area contributed by atoms with Crippen molar-refractivity contribution in [3.05, 3.63) is 44.8 Å². The van der Waals surface area contributed by atoms with Crippen molar-refractivity contribution in [2.45, 2.75) is 25.9 Å². The van der Waals surface area contributed by atoms with Gasteiger partial charge in [-0.15, -0.1) is 22.7 Å². The Bertz CT molecular complexity index is 509. The maximum absolute atomic E-state index is 12.8. The molecule has 112 valence electrons. The van der Waals surface area contributed by atoms with E-state index in [1.807, 2.05) is 17.0 Å². The highest BCUT2D eigenvalue weighted by atomic mass is 32.1. The van der Waals surface area contributed by atoms with E-state index >= 15 is 0 Å². The highest BCUT2D eigenvalue weighted by Crippen LogP contribution is 2.23. The van der Waals surface area contributed by atoms with Crippen molar-refractivity contribution in [1.29, 1.82) is 0 Å². The van der Waals surface area contributed by atoms with Crippen LogP contribution in [-0.4, -0.2) is 24.0 Å². The van der Waals surface area contributed by atoms with Crippen molar-refractivity contribution in [2.75, 3.05) is 13.2 Å². The summed E-state index contributed by atoms with van der Waals surface area (Å²) in [5, 5.41) is 4.13. The lowest BCUT2D eigenvalue weighted by molar-refractivity contribution is -0.139. The summed E-state index contributed by atoms with van der Waals surface area (Å²) in [6.45, 7) is 2.85. The van der Waals surface area contributed by atoms with Gasteiger partial charge in [0.2, 0.25) is 5.91 Å². The quantitative estimate of drug-likeness (QED) is 0.839. The number of amides is 1. The second kappa shape index (κ2) is 7.20. The third-order valence-corrected chi connectivity index (χ3v) is 5.46. The average molecular weight is 321 g/mol. The van der Waals surface area contributed by atoms with Crippen LogP contribution in [0.4, 0.5) is 0 Å². The third-order valence-electron chi connectivity index (χ3n) is 3.74. The summed E-state index contributed by atoms with van der Waals surface area (Å²) in [6, 6.07) is 8.29. The number of hydrogen-bond acceptors (Lipinski definition) is 4. The van der Waals surface area contributed by atoms with Crippen LogP contribution in [0.25, 0.3) is 0 Å². The normalized spacial score (nSPS) is 16.0. The Labute approximate surface area is 133 Å². The van der Waals surface area contributed by atoms with Gasteiger partial charge in [0.05, 0.1) is 13.1 Å². The van der Waals surface area contributed by atoms with E-state index < -0.39 is 0 Å². The summed E-state index contributed by atoms with van der Waals surface area (Å²) in [5.41, 5.74) is 0. The van der Waals surface area contributed by atoms with Gasteiger partial charge in [-0.25, -0.2) is 0 Å². The van der Waals surface area contributed by atoms with Crippen LogP contribution in [0.15, 0.2) is 35.0 Å². The fourth-order valence-electron chi connectivity index (χ4n) is 2.60. The number of carbonyl (C=O) groups excluding carboxylic acids is 1. The van der Waals surface area contributed by atoms with Crippen LogP contribution < -0.4 is 0 Å². The molecule has 0 bridgehead atoms. The molecule has 3 heterocycles. The largest absolute Gasteiger partial charge is 0.381 e. The predicted molar refractivity (Wildman–Crippen MR) is 86.4 cm³/mol. The van der Waals surface area contributed by atoms with E-state index in [1.165, 1.54) is 9.75 Å². The minimum atomic E-state index is 0.124. The summed E-state index contributed by atoms with van der Waals surface area (Å²) >= 11 is 3.43. The van der Waals surface area contributed by atoms with Gasteiger partial charge in [0.1, 0.15) is 0 Å². The van der Waals surface area contributed by atoms with Gasteiger partial charge < -0.3 is 9.64 Å². The molecular weight excluding hydrogens is 302 g/mol. The van der Waals surface area contributed by atoms with Gasteiger partial charge in [-0.1, -0.05) is 12.1 Å². The molecule has 1 saturated heterocycles. The molecule has 1 fully saturated rings. The summed E-state index contributed by atoms with van der Waals surface area (Å²) in [6.07, 6.45) is 1.70. The third kappa shape index (κ3) is 3.93. The molecule has 0 aromatic carbocycles. The van der Waals surface area contributed by atoms with Crippen molar-refractivity contribution >= 4 is 28.6 Å². The van der Waals surface area contributed by atoms with E-state index in [-0.39, 0.29) is 11.8 Å². The zero-order chi connectivity index (χ0) is 14.5. The Hall–Kier alpha value is -1.17. The van der Waals surface area contributed by atoms with E-state index in [1.54, 1.807) is 22.7 Å². The highest BCUT2D eigenvalue weighted by molar-refractivity contribution is 7.10. The number of rotatable bonds is 5. The second-order valence-electron chi connectivity index (χ2n) is 5.24. The van der Waals surface area contributed by atoms with Gasteiger partial charge in [0.25, 0.3) is 0 Å². The molecular formula is C16H19NO2S2. The fraction of sp³-hybridized carbons (Fsp3) is 0.438. The van der Waals surface area contributed by atoms with Crippen LogP contribution in [0, 0.1) is 5.92 Å². The van der Waals surface area contributed by atoms with E-state index in [0.29, 0.717) is 26.3 Å². The Balaban J connectivity index is 1.72. The monoisotopic (exact) mass is 321 g/mol. The fourth-order valence-corrected chi connectivity index (χ4v) is 4.03. The zero-order valence-electron chi connectivity index (χ0n) is 11.9. The Morgan fingerprint density at radius 2 is 1.67 bits per heavy atom. The van der Waals surface area contributed by atoms with Gasteiger partial charge >= 0.3 is 0 Å². The maximum Gasteiger partial charge on any atom is 0.226 e. The lowest BCUT2D eigenvalue weighted by Crippen LogP contribution is -2.37. The number of ether oxygens (including phenoxy) is 1. The molecule has 1 amide bonds. The first-order valence-electron chi connectivity index (χ1n) is 7.24. The van der Waals surface area contributed by atoms with E-state index in [2.05, 4.69) is 22.9 Å². The van der Waals surface area contributed by atoms with Gasteiger partial charge in [-0.2, -0.15) is 0 Å². The first-order valence-corrected chi connectivity index (χ1v) is 9.00. The summed E-state index contributed by atoms with van der Waals surface area (Å²) in [4.78, 5) is 17.3. The Morgan fingerprint density at radius 1 is 1.10 bits per heavy atom. The Kier molecular flexibility index (Phi) is 5.06. The number of carbonyl (C=O) groups is 1. The molecule has 0 radical (unpaired) electrons. The highest BCUT2D eigenvalue weighted by Gasteiger charge is 2.26. The average Bonchev–Trinajstić information content (AvgIpc) is 3.20. The molecule has 0 atom stereocenters. The molecule has 0 N–H and O–H groups in total. The number of hydrogen-bond donors (Lipinski definition) is 0. The zero-order valence-corrected chi connectivity index (χ0v) is 13.5. The molecule has 21 heavy (non-hydrogen) atoms. The SMILES string of the molecule is O=C(C1CCOCC1)N(Cc1cccs1)Cc1cccs1. The molecule has 3 nitrogen and oxygen atoms in total. The van der Waals surface area contributed by atoms with E-state index in [4.69, 9.17) is 4.74 Å². The minimum Gasteiger partial charge on any atom is -0.381 e. The lowest BCUT2D eigenvalue weighted by atomic mass is 9.98. The van der Waals surface area contributed by atoms with Crippen molar-refractivity contribution in [3.63, 3.8) is 0 Å². The predicted octanol–water partition coefficient (Wildman–Crippen LogP) is 3.77. The topological polar surface area (TPSA) is 29.5 Å². The first kappa shape index (κ1) is 14.8. The minimum absolute atomic E-state index is 0.124. The smallest absolute Gasteiger partial charge is 0.226 e. The van der Waals surface area contributed by atoms with Crippen LogP contribution in [0.3, 0.4) is 0 Å². The molecule has 0 saturated carbocycles. The molecule has 3 rings (SSSR count). The molecule has 0 spiro atoms. The second-order valence-corrected chi connectivity index (χ2v) is 7.30. The first-order chi connectivity index (χ1) is 10.3. The molecule has 2 aromatic rings. The van der Waals surface area contributed by atoms with Crippen molar-refractivity contribution in [1.82, 2.24) is 4.90 Å². The van der Waals surface area contributed by atoms with Crippen molar-refractivity contribution in [2.24, 2.45) is 5.92 Å². The lowest BCUT2D eigenvalue weighted by Gasteiger charge is -2.29. The van der Waals surface area contributed by atoms with Crippen LogP contribution in [0.2, 0.25) is 0 Å². The van der Waals surface area contributed by atoms with Crippen LogP contribution in [-0.2, 0) is 22.6 Å². The van der Waals surface area contributed by atoms with Gasteiger partial charge in [-0.3, -0.25) is 4.79 Å². The number of thiophene rings is 2. The summed E-state index contributed by atoms with van der Waals surface area (Å²) in [5.74, 6) is 0.402. The maximum atomic E-state index is 12.8. The van der Waals surface area contributed by atoms with Gasteiger partial charge in [0.15, 0.2) is 0 Å². The van der Waals surface area contributed by atoms with E-state index in [9.17, 15) is 4.79 Å². The van der Waals surface area contributed by atoms with Crippen LogP contribution in [0.1, 0.15) is 22.6 Å². The molecule has 0 aliphatic carbocycles. The van der Waals surface area contributed by atoms with E-state index in [0.717, 1.165) is 12.8 Å². The molecule has 2 aromatic heterocycles. The van der Waals surface area contributed by atoms with Gasteiger partial charge in [0, 0.05) is 28.9 Å². The van der Waals surface area contributed by atoms with Crippen LogP contribution >= 0.6 is 22.7 Å². The Morgan fingerprint density at radius 3 is 2.14 bits per heavy atom. The summed E-state index contributed by atoms with van der Waals surface area (Å²) < 4.78 is 5.37. The van der Waals surface area contributed by atoms with Gasteiger partial charge in [-0.05, 0) is 35.7 Å². The van der Waals surface area contributed by atoms with Crippen molar-refractivity contribution < 1.29 is 9.53 Å². The van der Waals surface area contributed by atoms with Crippen LogP contribution in [0.5, 0.6) is 0 Å². The molecule has 5 heteroatoms. The number of nitrogens with zero attached hydrogens (tertiary/aromatic N) is 1. The summed E-state index contributed by atoms with van der Waals surface area (Å²) in [7, 11) is 0. The van der Waals surface area contributed by atoms with Crippen molar-refractivity contribution in [3.8, 4) is 0 Å².